The fourth-order valence-electron chi connectivity index (χ4n) is 2.59. The second-order valence-electron chi connectivity index (χ2n) is 5.42. The van der Waals surface area contributed by atoms with E-state index in [9.17, 15) is 4.39 Å². The van der Waals surface area contributed by atoms with E-state index < -0.39 is 0 Å². The third-order valence-electron chi connectivity index (χ3n) is 3.70. The number of piperidine rings is 1. The first-order valence-corrected chi connectivity index (χ1v) is 6.89. The summed E-state index contributed by atoms with van der Waals surface area (Å²) in [6.45, 7) is 7.72. The highest BCUT2D eigenvalue weighted by atomic mass is 35.5. The number of halogens is 2. The first-order chi connectivity index (χ1) is 8.66. The summed E-state index contributed by atoms with van der Waals surface area (Å²) in [5.74, 6) is 0.586. The molecule has 1 aliphatic rings. The van der Waals surface area contributed by atoms with Crippen molar-refractivity contribution in [2.45, 2.75) is 32.7 Å². The number of benzene rings is 1. The van der Waals surface area contributed by atoms with Crippen molar-refractivity contribution in [2.75, 3.05) is 24.5 Å². The molecule has 2 nitrogen and oxygen atoms in total. The van der Waals surface area contributed by atoms with E-state index >= 15 is 0 Å². The normalized spacial score (nSPS) is 16.2. The molecule has 19 heavy (non-hydrogen) atoms. The lowest BCUT2D eigenvalue weighted by molar-refractivity contribution is 0.368. The average Bonchev–Trinajstić information content (AvgIpc) is 2.38. The summed E-state index contributed by atoms with van der Waals surface area (Å²) in [5.41, 5.74) is 1.13. The zero-order chi connectivity index (χ0) is 13.0. The Bertz CT molecular complexity index is 361. The molecule has 0 spiro atoms. The van der Waals surface area contributed by atoms with Gasteiger partial charge in [0.15, 0.2) is 0 Å². The van der Waals surface area contributed by atoms with Crippen LogP contribution >= 0.6 is 12.4 Å². The molecule has 0 saturated carbocycles. The standard InChI is InChI=1S/C15H23FN2.ClH/c1-12(2)18(11-13-7-9-17-10-8-13)15-5-3-14(16)4-6-15;/h3-6,12-13,17H,7-11H2,1-2H3;1H. The van der Waals surface area contributed by atoms with E-state index in [2.05, 4.69) is 24.1 Å². The first-order valence-electron chi connectivity index (χ1n) is 6.89. The van der Waals surface area contributed by atoms with E-state index in [-0.39, 0.29) is 18.2 Å². The van der Waals surface area contributed by atoms with Crippen molar-refractivity contribution in [1.82, 2.24) is 5.32 Å². The van der Waals surface area contributed by atoms with Gasteiger partial charge >= 0.3 is 0 Å². The van der Waals surface area contributed by atoms with Crippen molar-refractivity contribution < 1.29 is 4.39 Å². The molecule has 1 fully saturated rings. The number of hydrogen-bond acceptors (Lipinski definition) is 2. The molecule has 0 unspecified atom stereocenters. The molecule has 1 aromatic rings. The minimum Gasteiger partial charge on any atom is -0.369 e. The molecule has 0 atom stereocenters. The van der Waals surface area contributed by atoms with Crippen LogP contribution < -0.4 is 10.2 Å². The van der Waals surface area contributed by atoms with Crippen LogP contribution in [-0.2, 0) is 0 Å². The highest BCUT2D eigenvalue weighted by molar-refractivity contribution is 5.85. The van der Waals surface area contributed by atoms with Crippen LogP contribution in [0.15, 0.2) is 24.3 Å². The van der Waals surface area contributed by atoms with Gasteiger partial charge in [-0.1, -0.05) is 0 Å². The van der Waals surface area contributed by atoms with Crippen LogP contribution in [-0.4, -0.2) is 25.7 Å². The highest BCUT2D eigenvalue weighted by Gasteiger charge is 2.19. The number of hydrogen-bond donors (Lipinski definition) is 1. The fourth-order valence-corrected chi connectivity index (χ4v) is 2.59. The lowest BCUT2D eigenvalue weighted by atomic mass is 9.96. The summed E-state index contributed by atoms with van der Waals surface area (Å²) in [4.78, 5) is 2.38. The largest absolute Gasteiger partial charge is 0.369 e. The van der Waals surface area contributed by atoms with E-state index in [0.29, 0.717) is 6.04 Å². The molecular formula is C15H24ClFN2. The van der Waals surface area contributed by atoms with Gasteiger partial charge in [-0.25, -0.2) is 4.39 Å². The molecule has 2 rings (SSSR count). The van der Waals surface area contributed by atoms with Gasteiger partial charge in [0, 0.05) is 18.3 Å². The van der Waals surface area contributed by atoms with Gasteiger partial charge in [-0.2, -0.15) is 0 Å². The third kappa shape index (κ3) is 4.66. The predicted molar refractivity (Wildman–Crippen MR) is 81.7 cm³/mol. The highest BCUT2D eigenvalue weighted by Crippen LogP contribution is 2.22. The molecule has 0 bridgehead atoms. The average molecular weight is 287 g/mol. The Balaban J connectivity index is 0.00000180. The summed E-state index contributed by atoms with van der Waals surface area (Å²) in [7, 11) is 0. The molecule has 1 saturated heterocycles. The van der Waals surface area contributed by atoms with Gasteiger partial charge in [0.25, 0.3) is 0 Å². The summed E-state index contributed by atoms with van der Waals surface area (Å²) < 4.78 is 13.0. The van der Waals surface area contributed by atoms with Crippen molar-refractivity contribution in [2.24, 2.45) is 5.92 Å². The van der Waals surface area contributed by atoms with Crippen LogP contribution in [0, 0.1) is 11.7 Å². The molecule has 1 aromatic carbocycles. The minimum atomic E-state index is -0.163. The molecule has 1 N–H and O–H groups in total. The summed E-state index contributed by atoms with van der Waals surface area (Å²) in [5, 5.41) is 3.40. The lowest BCUT2D eigenvalue weighted by Crippen LogP contribution is -2.39. The van der Waals surface area contributed by atoms with E-state index in [4.69, 9.17) is 0 Å². The van der Waals surface area contributed by atoms with Gasteiger partial charge in [0.1, 0.15) is 5.82 Å². The molecule has 0 radical (unpaired) electrons. The summed E-state index contributed by atoms with van der Waals surface area (Å²) in [6.07, 6.45) is 2.48. The molecule has 4 heteroatoms. The van der Waals surface area contributed by atoms with Crippen molar-refractivity contribution in [3.8, 4) is 0 Å². The smallest absolute Gasteiger partial charge is 0.123 e. The van der Waals surface area contributed by atoms with Gasteiger partial charge in [0.2, 0.25) is 0 Å². The maximum Gasteiger partial charge on any atom is 0.123 e. The van der Waals surface area contributed by atoms with Crippen molar-refractivity contribution in [3.05, 3.63) is 30.1 Å². The lowest BCUT2D eigenvalue weighted by Gasteiger charge is -2.34. The van der Waals surface area contributed by atoms with E-state index in [1.807, 2.05) is 12.1 Å². The van der Waals surface area contributed by atoms with Crippen LogP contribution in [0.4, 0.5) is 10.1 Å². The van der Waals surface area contributed by atoms with Crippen molar-refractivity contribution in [3.63, 3.8) is 0 Å². The molecule has 0 aliphatic carbocycles. The zero-order valence-corrected chi connectivity index (χ0v) is 12.5. The van der Waals surface area contributed by atoms with Crippen LogP contribution in [0.3, 0.4) is 0 Å². The summed E-state index contributed by atoms with van der Waals surface area (Å²) in [6, 6.07) is 7.32. The van der Waals surface area contributed by atoms with Crippen molar-refractivity contribution in [1.29, 1.82) is 0 Å². The molecular weight excluding hydrogens is 263 g/mol. The van der Waals surface area contributed by atoms with Gasteiger partial charge in [0.05, 0.1) is 0 Å². The minimum absolute atomic E-state index is 0. The fraction of sp³-hybridized carbons (Fsp3) is 0.600. The zero-order valence-electron chi connectivity index (χ0n) is 11.7. The Morgan fingerprint density at radius 3 is 2.32 bits per heavy atom. The second kappa shape index (κ2) is 7.71. The van der Waals surface area contributed by atoms with Gasteiger partial charge < -0.3 is 10.2 Å². The molecule has 0 aromatic heterocycles. The molecule has 1 heterocycles. The number of rotatable bonds is 4. The van der Waals surface area contributed by atoms with Crippen LogP contribution in [0.5, 0.6) is 0 Å². The quantitative estimate of drug-likeness (QED) is 0.912. The van der Waals surface area contributed by atoms with Crippen LogP contribution in [0.25, 0.3) is 0 Å². The van der Waals surface area contributed by atoms with Gasteiger partial charge in [-0.05, 0) is 70.0 Å². The second-order valence-corrected chi connectivity index (χ2v) is 5.42. The van der Waals surface area contributed by atoms with Gasteiger partial charge in [-0.15, -0.1) is 12.4 Å². The molecule has 1 aliphatic heterocycles. The third-order valence-corrected chi connectivity index (χ3v) is 3.70. The Morgan fingerprint density at radius 1 is 1.21 bits per heavy atom. The molecule has 108 valence electrons. The Kier molecular flexibility index (Phi) is 6.59. The first kappa shape index (κ1) is 16.3. The van der Waals surface area contributed by atoms with Crippen LogP contribution in [0.1, 0.15) is 26.7 Å². The SMILES string of the molecule is CC(C)N(CC1CCNCC1)c1ccc(F)cc1.Cl. The van der Waals surface area contributed by atoms with Gasteiger partial charge in [-0.3, -0.25) is 0 Å². The number of anilines is 1. The van der Waals surface area contributed by atoms with E-state index in [0.717, 1.165) is 31.2 Å². The number of nitrogens with zero attached hydrogens (tertiary/aromatic N) is 1. The maximum absolute atomic E-state index is 13.0. The number of nitrogens with one attached hydrogen (secondary N) is 1. The predicted octanol–water partition coefficient (Wildman–Crippen LogP) is 3.46. The topological polar surface area (TPSA) is 15.3 Å². The van der Waals surface area contributed by atoms with Crippen molar-refractivity contribution >= 4 is 18.1 Å². The molecule has 0 amide bonds. The summed E-state index contributed by atoms with van der Waals surface area (Å²) >= 11 is 0. The maximum atomic E-state index is 13.0. The van der Waals surface area contributed by atoms with E-state index in [1.54, 1.807) is 12.1 Å². The van der Waals surface area contributed by atoms with Crippen LogP contribution in [0.2, 0.25) is 0 Å². The Morgan fingerprint density at radius 2 is 1.79 bits per heavy atom. The monoisotopic (exact) mass is 286 g/mol. The Labute approximate surface area is 121 Å². The Hall–Kier alpha value is -0.800. The van der Waals surface area contributed by atoms with E-state index in [1.165, 1.54) is 12.8 Å².